The van der Waals surface area contributed by atoms with Crippen molar-refractivity contribution in [2.24, 2.45) is 0 Å². The Morgan fingerprint density at radius 3 is 2.59 bits per heavy atom. The molecule has 0 aliphatic heterocycles. The zero-order valence-corrected chi connectivity index (χ0v) is 9.44. The molecule has 0 radical (unpaired) electrons. The van der Waals surface area contributed by atoms with Gasteiger partial charge in [0.2, 0.25) is 0 Å². The summed E-state index contributed by atoms with van der Waals surface area (Å²) in [6, 6.07) is 4.53. The average molecular weight is 242 g/mol. The van der Waals surface area contributed by atoms with Crippen LogP contribution in [0.1, 0.15) is 12.5 Å². The van der Waals surface area contributed by atoms with Crippen LogP contribution in [0.5, 0.6) is 11.5 Å². The van der Waals surface area contributed by atoms with Gasteiger partial charge in [0.15, 0.2) is 11.5 Å². The van der Waals surface area contributed by atoms with Gasteiger partial charge in [-0.05, 0) is 36.3 Å². The normalized spacial score (nSPS) is 11.5. The molecule has 1 rings (SSSR count). The maximum absolute atomic E-state index is 12.1. The van der Waals surface area contributed by atoms with Crippen LogP contribution in [0.25, 0.3) is 6.08 Å². The molecule has 0 amide bonds. The van der Waals surface area contributed by atoms with Gasteiger partial charge in [0.05, 0.1) is 7.11 Å². The third kappa shape index (κ3) is 3.86. The first kappa shape index (κ1) is 13.2. The van der Waals surface area contributed by atoms with Gasteiger partial charge in [0, 0.05) is 0 Å². The summed E-state index contributed by atoms with van der Waals surface area (Å²) >= 11 is 0. The summed E-state index contributed by atoms with van der Waals surface area (Å²) in [7, 11) is 1.36. The maximum atomic E-state index is 12.1. The van der Waals surface area contributed by atoms with Crippen molar-refractivity contribution in [1.29, 1.82) is 0 Å². The third-order valence-electron chi connectivity index (χ3n) is 1.98. The van der Waals surface area contributed by atoms with Gasteiger partial charge < -0.3 is 9.47 Å². The Balaban J connectivity index is 3.08. The van der Waals surface area contributed by atoms with Crippen LogP contribution >= 0.6 is 0 Å². The Labute approximate surface area is 97.7 Å². The first-order valence-electron chi connectivity index (χ1n) is 4.83. The van der Waals surface area contributed by atoms with Crippen molar-refractivity contribution >= 4 is 12.4 Å². The van der Waals surface area contributed by atoms with E-state index in [9.17, 15) is 13.6 Å². The standard InChI is InChI=1S/C12H12F2O3/c1-8(7-15)5-9-3-4-10(16-2)11(6-9)17-12(13)14/h3-7,12H,1-2H3. The van der Waals surface area contributed by atoms with Gasteiger partial charge >= 0.3 is 6.61 Å². The lowest BCUT2D eigenvalue weighted by molar-refractivity contribution is -0.104. The fraction of sp³-hybridized carbons (Fsp3) is 0.250. The van der Waals surface area contributed by atoms with E-state index in [0.29, 0.717) is 17.4 Å². The van der Waals surface area contributed by atoms with Gasteiger partial charge in [0.1, 0.15) is 6.29 Å². The van der Waals surface area contributed by atoms with Crippen molar-refractivity contribution in [2.75, 3.05) is 7.11 Å². The molecule has 0 bridgehead atoms. The minimum Gasteiger partial charge on any atom is -0.493 e. The molecule has 0 aliphatic rings. The monoisotopic (exact) mass is 242 g/mol. The zero-order valence-electron chi connectivity index (χ0n) is 9.44. The van der Waals surface area contributed by atoms with Crippen molar-refractivity contribution in [2.45, 2.75) is 13.5 Å². The van der Waals surface area contributed by atoms with Crippen LogP contribution in [-0.4, -0.2) is 20.0 Å². The number of halogens is 2. The molecule has 0 spiro atoms. The molecular weight excluding hydrogens is 230 g/mol. The van der Waals surface area contributed by atoms with E-state index in [1.165, 1.54) is 19.2 Å². The van der Waals surface area contributed by atoms with Crippen molar-refractivity contribution in [3.63, 3.8) is 0 Å². The van der Waals surface area contributed by atoms with Crippen LogP contribution in [0.4, 0.5) is 8.78 Å². The van der Waals surface area contributed by atoms with E-state index in [-0.39, 0.29) is 11.5 Å². The Kier molecular flexibility index (Phi) is 4.63. The Morgan fingerprint density at radius 2 is 2.06 bits per heavy atom. The molecule has 0 saturated heterocycles. The van der Waals surface area contributed by atoms with Gasteiger partial charge in [-0.25, -0.2) is 0 Å². The number of benzene rings is 1. The minimum absolute atomic E-state index is 0.0602. The lowest BCUT2D eigenvalue weighted by atomic mass is 10.1. The van der Waals surface area contributed by atoms with E-state index >= 15 is 0 Å². The number of rotatable bonds is 5. The fourth-order valence-electron chi connectivity index (χ4n) is 1.27. The van der Waals surface area contributed by atoms with Crippen molar-refractivity contribution in [3.8, 4) is 11.5 Å². The molecule has 0 aromatic heterocycles. The fourth-order valence-corrected chi connectivity index (χ4v) is 1.27. The van der Waals surface area contributed by atoms with E-state index in [2.05, 4.69) is 4.74 Å². The average Bonchev–Trinajstić information content (AvgIpc) is 2.28. The van der Waals surface area contributed by atoms with E-state index in [1.807, 2.05) is 0 Å². The third-order valence-corrected chi connectivity index (χ3v) is 1.98. The molecule has 0 saturated carbocycles. The highest BCUT2D eigenvalue weighted by Crippen LogP contribution is 2.30. The number of carbonyl (C=O) groups excluding carboxylic acids is 1. The maximum Gasteiger partial charge on any atom is 0.387 e. The quantitative estimate of drug-likeness (QED) is 0.588. The van der Waals surface area contributed by atoms with Crippen LogP contribution in [0.3, 0.4) is 0 Å². The number of ether oxygens (including phenoxy) is 2. The van der Waals surface area contributed by atoms with Crippen LogP contribution in [0, 0.1) is 0 Å². The predicted molar refractivity (Wildman–Crippen MR) is 59.3 cm³/mol. The van der Waals surface area contributed by atoms with Crippen LogP contribution < -0.4 is 9.47 Å². The highest BCUT2D eigenvalue weighted by Gasteiger charge is 2.10. The number of carbonyl (C=O) groups is 1. The molecule has 1 aromatic carbocycles. The molecule has 0 aliphatic carbocycles. The topological polar surface area (TPSA) is 35.5 Å². The Morgan fingerprint density at radius 1 is 1.35 bits per heavy atom. The first-order valence-corrected chi connectivity index (χ1v) is 4.83. The summed E-state index contributed by atoms with van der Waals surface area (Å²) < 4.78 is 33.5. The van der Waals surface area contributed by atoms with Gasteiger partial charge in [-0.15, -0.1) is 0 Å². The SMILES string of the molecule is COc1ccc(C=C(C)C=O)cc1OC(F)F. The van der Waals surface area contributed by atoms with Gasteiger partial charge in [-0.1, -0.05) is 6.07 Å². The molecular formula is C12H12F2O3. The molecule has 1 aromatic rings. The summed E-state index contributed by atoms with van der Waals surface area (Å²) in [6.45, 7) is -1.31. The van der Waals surface area contributed by atoms with Crippen molar-refractivity contribution in [3.05, 3.63) is 29.3 Å². The number of aldehydes is 1. The lowest BCUT2D eigenvalue weighted by Crippen LogP contribution is -2.03. The Hall–Kier alpha value is -1.91. The van der Waals surface area contributed by atoms with E-state index in [4.69, 9.17) is 4.74 Å². The van der Waals surface area contributed by atoms with Gasteiger partial charge in [-0.2, -0.15) is 8.78 Å². The number of hydrogen-bond donors (Lipinski definition) is 0. The molecule has 0 atom stereocenters. The number of alkyl halides is 2. The van der Waals surface area contributed by atoms with Gasteiger partial charge in [-0.3, -0.25) is 4.79 Å². The summed E-state index contributed by atoms with van der Waals surface area (Å²) in [5.41, 5.74) is 1.07. The van der Waals surface area contributed by atoms with Crippen molar-refractivity contribution in [1.82, 2.24) is 0 Å². The largest absolute Gasteiger partial charge is 0.493 e. The summed E-state index contributed by atoms with van der Waals surface area (Å²) in [5.74, 6) is 0.154. The second-order valence-electron chi connectivity index (χ2n) is 3.30. The highest BCUT2D eigenvalue weighted by atomic mass is 19.3. The van der Waals surface area contributed by atoms with Crippen molar-refractivity contribution < 1.29 is 23.0 Å². The summed E-state index contributed by atoms with van der Waals surface area (Å²) in [4.78, 5) is 10.5. The summed E-state index contributed by atoms with van der Waals surface area (Å²) in [5, 5.41) is 0. The molecule has 0 unspecified atom stereocenters. The van der Waals surface area contributed by atoms with Crippen LogP contribution in [0.2, 0.25) is 0 Å². The second-order valence-corrected chi connectivity index (χ2v) is 3.30. The van der Waals surface area contributed by atoms with Crippen LogP contribution in [-0.2, 0) is 4.79 Å². The van der Waals surface area contributed by atoms with Gasteiger partial charge in [0.25, 0.3) is 0 Å². The molecule has 5 heteroatoms. The molecule has 92 valence electrons. The minimum atomic E-state index is -2.92. The first-order chi connectivity index (χ1) is 8.06. The molecule has 0 N–H and O–H groups in total. The number of allylic oxidation sites excluding steroid dienone is 1. The Bertz CT molecular complexity index is 428. The second kappa shape index (κ2) is 5.98. The van der Waals surface area contributed by atoms with Crippen LogP contribution in [0.15, 0.2) is 23.8 Å². The predicted octanol–water partition coefficient (Wildman–Crippen LogP) is 2.90. The number of hydrogen-bond acceptors (Lipinski definition) is 3. The smallest absolute Gasteiger partial charge is 0.387 e. The highest BCUT2D eigenvalue weighted by molar-refractivity contribution is 5.81. The molecule has 0 heterocycles. The molecule has 3 nitrogen and oxygen atoms in total. The van der Waals surface area contributed by atoms with E-state index in [1.54, 1.807) is 19.1 Å². The number of methoxy groups -OCH3 is 1. The molecule has 17 heavy (non-hydrogen) atoms. The van der Waals surface area contributed by atoms with E-state index in [0.717, 1.165) is 0 Å². The molecule has 0 fully saturated rings. The lowest BCUT2D eigenvalue weighted by Gasteiger charge is -2.10. The van der Waals surface area contributed by atoms with E-state index < -0.39 is 6.61 Å². The summed E-state index contributed by atoms with van der Waals surface area (Å²) in [6.07, 6.45) is 2.24. The zero-order chi connectivity index (χ0) is 12.8.